The fourth-order valence-electron chi connectivity index (χ4n) is 4.16. The number of amides is 3. The number of carbonyl (C=O) groups is 4. The summed E-state index contributed by atoms with van der Waals surface area (Å²) < 4.78 is 1.72. The zero-order chi connectivity index (χ0) is 28.9. The molecule has 206 valence electrons. The van der Waals surface area contributed by atoms with Crippen molar-refractivity contribution in [3.8, 4) is 10.4 Å². The zero-order valence-corrected chi connectivity index (χ0v) is 22.5. The Morgan fingerprint density at radius 1 is 0.927 bits per heavy atom. The molecule has 0 aliphatic heterocycles. The van der Waals surface area contributed by atoms with Gasteiger partial charge < -0.3 is 21.4 Å². The number of hydrogen-bond donors (Lipinski definition) is 4. The van der Waals surface area contributed by atoms with E-state index in [2.05, 4.69) is 20.6 Å². The summed E-state index contributed by atoms with van der Waals surface area (Å²) in [7, 11) is 0. The number of Topliss-reactive ketones (excluding diaryl/α,β-unsaturated/α-hetero) is 1. The summed E-state index contributed by atoms with van der Waals surface area (Å²) in [4.78, 5) is 58.3. The van der Waals surface area contributed by atoms with Crippen molar-refractivity contribution < 1.29 is 19.2 Å². The van der Waals surface area contributed by atoms with Gasteiger partial charge in [0.2, 0.25) is 11.9 Å². The molecule has 3 aromatic heterocycles. The Hall–Kier alpha value is -5.36. The maximum Gasteiger partial charge on any atom is 0.268 e. The van der Waals surface area contributed by atoms with Crippen molar-refractivity contribution in [1.82, 2.24) is 14.5 Å². The molecular weight excluding hydrogens is 542 g/mol. The summed E-state index contributed by atoms with van der Waals surface area (Å²) in [5.74, 6) is -1.29. The third-order valence-corrected chi connectivity index (χ3v) is 7.37. The Kier molecular flexibility index (Phi) is 7.83. The van der Waals surface area contributed by atoms with E-state index in [9.17, 15) is 19.2 Å². The van der Waals surface area contributed by atoms with Crippen LogP contribution in [-0.4, -0.2) is 44.6 Å². The molecule has 0 atom stereocenters. The van der Waals surface area contributed by atoms with Gasteiger partial charge in [0.1, 0.15) is 5.69 Å². The maximum absolute atomic E-state index is 13.2. The van der Waals surface area contributed by atoms with Crippen molar-refractivity contribution in [2.24, 2.45) is 11.5 Å². The van der Waals surface area contributed by atoms with Crippen LogP contribution in [0, 0.1) is 0 Å². The first-order valence-electron chi connectivity index (χ1n) is 12.6. The highest BCUT2D eigenvalue weighted by atomic mass is 32.1. The first-order valence-corrected chi connectivity index (χ1v) is 13.4. The number of carbonyl (C=O) groups excluding carboxylic acids is 4. The Labute approximate surface area is 238 Å². The number of rotatable bonds is 11. The molecule has 0 saturated heterocycles. The summed E-state index contributed by atoms with van der Waals surface area (Å²) in [6, 6.07) is 21.1. The second-order valence-corrected chi connectivity index (χ2v) is 10.1. The Morgan fingerprint density at radius 2 is 1.73 bits per heavy atom. The molecule has 11 nitrogen and oxygen atoms in total. The smallest absolute Gasteiger partial charge is 0.268 e. The molecule has 0 saturated carbocycles. The van der Waals surface area contributed by atoms with Crippen LogP contribution in [0.25, 0.3) is 21.5 Å². The van der Waals surface area contributed by atoms with E-state index in [1.54, 1.807) is 53.1 Å². The van der Waals surface area contributed by atoms with Gasteiger partial charge in [-0.25, -0.2) is 4.98 Å². The number of ketones is 1. The third kappa shape index (κ3) is 6.28. The lowest BCUT2D eigenvalue weighted by atomic mass is 10.1. The molecule has 0 aliphatic rings. The van der Waals surface area contributed by atoms with Crippen LogP contribution < -0.4 is 22.1 Å². The van der Waals surface area contributed by atoms with Crippen LogP contribution in [0.4, 0.5) is 11.6 Å². The Bertz CT molecular complexity index is 1760. The summed E-state index contributed by atoms with van der Waals surface area (Å²) >= 11 is 1.25. The molecule has 5 rings (SSSR count). The highest BCUT2D eigenvalue weighted by Gasteiger charge is 2.18. The molecule has 0 fully saturated rings. The molecule has 0 unspecified atom stereocenters. The molecule has 3 amide bonds. The van der Waals surface area contributed by atoms with Gasteiger partial charge in [0.05, 0.1) is 22.5 Å². The highest BCUT2D eigenvalue weighted by Crippen LogP contribution is 2.29. The number of benzene rings is 2. The summed E-state index contributed by atoms with van der Waals surface area (Å²) in [6.07, 6.45) is 1.58. The van der Waals surface area contributed by atoms with Crippen LogP contribution >= 0.6 is 11.3 Å². The van der Waals surface area contributed by atoms with Crippen LogP contribution in [-0.2, 0) is 11.3 Å². The summed E-state index contributed by atoms with van der Waals surface area (Å²) in [5.41, 5.74) is 14.1. The van der Waals surface area contributed by atoms with E-state index in [-0.39, 0.29) is 42.8 Å². The average Bonchev–Trinajstić information content (AvgIpc) is 3.60. The number of aromatic nitrogens is 3. The third-order valence-electron chi connectivity index (χ3n) is 6.23. The first kappa shape index (κ1) is 27.2. The van der Waals surface area contributed by atoms with Crippen LogP contribution in [0.15, 0.2) is 79.0 Å². The lowest BCUT2D eigenvalue weighted by Gasteiger charge is -2.09. The second kappa shape index (κ2) is 11.8. The molecule has 0 bridgehead atoms. The molecule has 5 aromatic rings. The van der Waals surface area contributed by atoms with Crippen LogP contribution in [0.5, 0.6) is 0 Å². The van der Waals surface area contributed by atoms with Gasteiger partial charge in [-0.05, 0) is 42.5 Å². The number of primary amides is 2. The minimum absolute atomic E-state index is 0.0529. The minimum Gasteiger partial charge on any atom is -0.378 e. The minimum atomic E-state index is -0.620. The SMILES string of the molecule is NC(=O)CCn1c(NC(=O)c2ccc(-c3ccc(C(N)=O)nc3)s2)nc2cc(NCC(=O)c3ccccc3)ccc21. The monoisotopic (exact) mass is 567 g/mol. The Balaban J connectivity index is 1.35. The second-order valence-electron chi connectivity index (χ2n) is 9.06. The van der Waals surface area contributed by atoms with Gasteiger partial charge in [-0.15, -0.1) is 11.3 Å². The average molecular weight is 568 g/mol. The number of fused-ring (bicyclic) bond motifs is 1. The van der Waals surface area contributed by atoms with E-state index in [1.807, 2.05) is 18.2 Å². The quantitative estimate of drug-likeness (QED) is 0.176. The van der Waals surface area contributed by atoms with Gasteiger partial charge in [-0.3, -0.25) is 29.5 Å². The number of hydrogen-bond acceptors (Lipinski definition) is 8. The highest BCUT2D eigenvalue weighted by molar-refractivity contribution is 7.17. The van der Waals surface area contributed by atoms with Crippen LogP contribution in [0.2, 0.25) is 0 Å². The van der Waals surface area contributed by atoms with E-state index in [1.165, 1.54) is 23.6 Å². The predicted molar refractivity (Wildman–Crippen MR) is 157 cm³/mol. The lowest BCUT2D eigenvalue weighted by Crippen LogP contribution is -2.18. The van der Waals surface area contributed by atoms with Crippen LogP contribution in [0.1, 0.15) is 36.9 Å². The van der Waals surface area contributed by atoms with Gasteiger partial charge in [0, 0.05) is 40.9 Å². The van der Waals surface area contributed by atoms with E-state index in [0.717, 1.165) is 10.4 Å². The topological polar surface area (TPSA) is 175 Å². The van der Waals surface area contributed by atoms with E-state index >= 15 is 0 Å². The molecule has 2 aromatic carbocycles. The molecule has 0 spiro atoms. The number of anilines is 2. The van der Waals surface area contributed by atoms with Crippen molar-refractivity contribution in [1.29, 1.82) is 0 Å². The molecule has 0 radical (unpaired) electrons. The maximum atomic E-state index is 13.2. The first-order chi connectivity index (χ1) is 19.8. The predicted octanol–water partition coefficient (Wildman–Crippen LogP) is 3.68. The van der Waals surface area contributed by atoms with Crippen LogP contribution in [0.3, 0.4) is 0 Å². The fraction of sp³-hybridized carbons (Fsp3) is 0.103. The van der Waals surface area contributed by atoms with Gasteiger partial charge >= 0.3 is 0 Å². The van der Waals surface area contributed by atoms with Crippen molar-refractivity contribution in [3.63, 3.8) is 0 Å². The molecule has 3 heterocycles. The number of nitrogens with zero attached hydrogens (tertiary/aromatic N) is 3. The molecular formula is C29H25N7O4S. The van der Waals surface area contributed by atoms with Gasteiger partial charge in [0.15, 0.2) is 5.78 Å². The zero-order valence-electron chi connectivity index (χ0n) is 21.7. The van der Waals surface area contributed by atoms with Gasteiger partial charge in [0.25, 0.3) is 11.8 Å². The van der Waals surface area contributed by atoms with Crippen molar-refractivity contribution >= 4 is 57.5 Å². The number of aryl methyl sites for hydroxylation is 1. The van der Waals surface area contributed by atoms with Crippen molar-refractivity contribution in [2.75, 3.05) is 17.2 Å². The standard InChI is InChI=1S/C29H25N7O4S/c30-26(38)12-13-36-22-9-7-19(32-16-23(37)17-4-2-1-3-5-17)14-21(22)34-29(36)35-28(40)25-11-10-24(41-25)18-6-8-20(27(31)39)33-15-18/h1-11,14-15,32H,12-13,16H2,(H2,30,38)(H2,31,39)(H,34,35,40). The molecule has 6 N–H and O–H groups in total. The van der Waals surface area contributed by atoms with E-state index in [4.69, 9.17) is 11.5 Å². The number of thiophene rings is 1. The number of nitrogens with two attached hydrogens (primary N) is 2. The normalized spacial score (nSPS) is 10.8. The summed E-state index contributed by atoms with van der Waals surface area (Å²) in [6.45, 7) is 0.317. The molecule has 41 heavy (non-hydrogen) atoms. The molecule has 0 aliphatic carbocycles. The van der Waals surface area contributed by atoms with E-state index in [0.29, 0.717) is 27.2 Å². The number of nitrogens with one attached hydrogen (secondary N) is 2. The molecule has 12 heteroatoms. The summed E-state index contributed by atoms with van der Waals surface area (Å²) in [5, 5.41) is 5.96. The Morgan fingerprint density at radius 3 is 2.44 bits per heavy atom. The van der Waals surface area contributed by atoms with E-state index < -0.39 is 11.8 Å². The van der Waals surface area contributed by atoms with Crippen molar-refractivity contribution in [2.45, 2.75) is 13.0 Å². The van der Waals surface area contributed by atoms with Crippen molar-refractivity contribution in [3.05, 3.63) is 95.1 Å². The van der Waals surface area contributed by atoms with Gasteiger partial charge in [-0.2, -0.15) is 0 Å². The number of pyridine rings is 1. The fourth-order valence-corrected chi connectivity index (χ4v) is 5.05. The number of imidazole rings is 1. The largest absolute Gasteiger partial charge is 0.378 e. The van der Waals surface area contributed by atoms with Gasteiger partial charge in [-0.1, -0.05) is 30.3 Å². The lowest BCUT2D eigenvalue weighted by molar-refractivity contribution is -0.118.